The van der Waals surface area contributed by atoms with Crippen molar-refractivity contribution < 1.29 is 22.7 Å². The maximum Gasteiger partial charge on any atom is 0.422 e. The Morgan fingerprint density at radius 2 is 1.92 bits per heavy atom. The third-order valence-corrected chi connectivity index (χ3v) is 4.00. The van der Waals surface area contributed by atoms with E-state index in [0.29, 0.717) is 31.7 Å². The summed E-state index contributed by atoms with van der Waals surface area (Å²) in [4.78, 5) is 17.3. The zero-order chi connectivity index (χ0) is 19.5. The molecule has 0 atom stereocenters. The zero-order valence-electron chi connectivity index (χ0n) is 14.8. The molecule has 0 aromatic carbocycles. The van der Waals surface area contributed by atoms with Crippen LogP contribution in [-0.4, -0.2) is 35.8 Å². The number of hydrogen-bond acceptors (Lipinski definition) is 5. The van der Waals surface area contributed by atoms with Gasteiger partial charge in [0.25, 0.3) is 0 Å². The summed E-state index contributed by atoms with van der Waals surface area (Å²) in [6.45, 7) is 6.40. The van der Waals surface area contributed by atoms with E-state index in [0.717, 1.165) is 12.3 Å². The molecule has 146 valence electrons. The second kappa shape index (κ2) is 7.87. The highest BCUT2D eigenvalue weighted by molar-refractivity contribution is 6.33. The summed E-state index contributed by atoms with van der Waals surface area (Å²) in [6.07, 6.45) is -2.93. The molecule has 1 aliphatic heterocycles. The van der Waals surface area contributed by atoms with Crippen LogP contribution in [0.25, 0.3) is 0 Å². The number of hydrazine groups is 1. The molecule has 0 spiro atoms. The highest BCUT2D eigenvalue weighted by Crippen LogP contribution is 2.34. The van der Waals surface area contributed by atoms with Gasteiger partial charge in [0.15, 0.2) is 0 Å². The van der Waals surface area contributed by atoms with Crippen LogP contribution in [0.1, 0.15) is 39.2 Å². The molecule has 1 aromatic rings. The first-order valence-electron chi connectivity index (χ1n) is 8.18. The van der Waals surface area contributed by atoms with Gasteiger partial charge in [0.2, 0.25) is 0 Å². The van der Waals surface area contributed by atoms with Gasteiger partial charge < -0.3 is 9.64 Å². The number of ether oxygens (including phenoxy) is 1. The maximum absolute atomic E-state index is 12.7. The topological polar surface area (TPSA) is 66.5 Å². The van der Waals surface area contributed by atoms with Crippen molar-refractivity contribution in [2.24, 2.45) is 0 Å². The summed E-state index contributed by atoms with van der Waals surface area (Å²) in [5.74, 6) is 0.332. The van der Waals surface area contributed by atoms with Gasteiger partial charge in [-0.15, -0.1) is 0 Å². The molecule has 0 saturated carbocycles. The number of amides is 1. The molecule has 1 aromatic heterocycles. The average Bonchev–Trinajstić information content (AvgIpc) is 2.51. The molecule has 2 N–H and O–H groups in total. The van der Waals surface area contributed by atoms with E-state index in [9.17, 15) is 18.0 Å². The van der Waals surface area contributed by atoms with Crippen molar-refractivity contribution in [3.63, 3.8) is 0 Å². The normalized spacial score (nSPS) is 16.5. The minimum Gasteiger partial charge on any atom is -0.443 e. The first-order chi connectivity index (χ1) is 12.0. The van der Waals surface area contributed by atoms with Crippen molar-refractivity contribution in [1.82, 2.24) is 15.8 Å². The van der Waals surface area contributed by atoms with E-state index in [-0.39, 0.29) is 11.1 Å². The van der Waals surface area contributed by atoms with Gasteiger partial charge in [-0.2, -0.15) is 13.2 Å². The lowest BCUT2D eigenvalue weighted by Gasteiger charge is -2.33. The molecule has 1 saturated heterocycles. The molecular formula is C16H22ClF3N4O2. The number of aromatic nitrogens is 1. The van der Waals surface area contributed by atoms with Gasteiger partial charge in [0.05, 0.1) is 10.6 Å². The number of carbonyl (C=O) groups excluding carboxylic acids is 1. The Hall–Kier alpha value is -1.74. The number of pyridine rings is 1. The number of piperidine rings is 1. The first-order valence-corrected chi connectivity index (χ1v) is 8.56. The molecule has 1 fully saturated rings. The van der Waals surface area contributed by atoms with Gasteiger partial charge in [-0.1, -0.05) is 11.6 Å². The number of alkyl halides is 3. The van der Waals surface area contributed by atoms with Crippen molar-refractivity contribution in [3.8, 4) is 0 Å². The molecular weight excluding hydrogens is 373 g/mol. The SMILES string of the molecule is CC(C)(C)OC(=O)NNC1CCN(c2ncc(C(F)(F)F)cc2Cl)CC1. The van der Waals surface area contributed by atoms with Crippen molar-refractivity contribution in [3.05, 3.63) is 22.8 Å². The molecule has 10 heteroatoms. The summed E-state index contributed by atoms with van der Waals surface area (Å²) in [7, 11) is 0. The summed E-state index contributed by atoms with van der Waals surface area (Å²) >= 11 is 5.98. The Bertz CT molecular complexity index is 641. The second-order valence-corrected chi connectivity index (χ2v) is 7.47. The summed E-state index contributed by atoms with van der Waals surface area (Å²) in [6, 6.07) is 0.908. The fourth-order valence-corrected chi connectivity index (χ4v) is 2.80. The molecule has 2 heterocycles. The van der Waals surface area contributed by atoms with Crippen LogP contribution in [0, 0.1) is 0 Å². The number of anilines is 1. The third-order valence-electron chi connectivity index (χ3n) is 3.72. The zero-order valence-corrected chi connectivity index (χ0v) is 15.5. The molecule has 0 radical (unpaired) electrons. The number of carbonyl (C=O) groups is 1. The minimum absolute atomic E-state index is 0.0204. The highest BCUT2D eigenvalue weighted by Gasteiger charge is 2.32. The van der Waals surface area contributed by atoms with E-state index in [1.165, 1.54) is 0 Å². The number of nitrogens with zero attached hydrogens (tertiary/aromatic N) is 2. The van der Waals surface area contributed by atoms with Gasteiger partial charge in [0.1, 0.15) is 11.4 Å². The van der Waals surface area contributed by atoms with Gasteiger partial charge in [0, 0.05) is 25.3 Å². The smallest absolute Gasteiger partial charge is 0.422 e. The van der Waals surface area contributed by atoms with Crippen LogP contribution in [0.5, 0.6) is 0 Å². The molecule has 1 amide bonds. The van der Waals surface area contributed by atoms with E-state index < -0.39 is 23.4 Å². The molecule has 0 bridgehead atoms. The summed E-state index contributed by atoms with van der Waals surface area (Å²) in [5, 5.41) is -0.0295. The van der Waals surface area contributed by atoms with E-state index in [2.05, 4.69) is 15.8 Å². The molecule has 2 rings (SSSR count). The van der Waals surface area contributed by atoms with Crippen molar-refractivity contribution in [1.29, 1.82) is 0 Å². The van der Waals surface area contributed by atoms with Gasteiger partial charge >= 0.3 is 12.3 Å². The quantitative estimate of drug-likeness (QED) is 0.764. The first kappa shape index (κ1) is 20.6. The van der Waals surface area contributed by atoms with Crippen LogP contribution in [-0.2, 0) is 10.9 Å². The van der Waals surface area contributed by atoms with Crippen molar-refractivity contribution in [2.45, 2.75) is 51.4 Å². The summed E-state index contributed by atoms with van der Waals surface area (Å²) in [5.41, 5.74) is 3.95. The van der Waals surface area contributed by atoms with Gasteiger partial charge in [-0.3, -0.25) is 5.43 Å². The van der Waals surface area contributed by atoms with Crippen molar-refractivity contribution >= 4 is 23.5 Å². The Balaban J connectivity index is 1.86. The molecule has 0 unspecified atom stereocenters. The third kappa shape index (κ3) is 5.91. The highest BCUT2D eigenvalue weighted by atomic mass is 35.5. The fourth-order valence-electron chi connectivity index (χ4n) is 2.52. The lowest BCUT2D eigenvalue weighted by molar-refractivity contribution is -0.137. The largest absolute Gasteiger partial charge is 0.443 e. The number of halogens is 4. The van der Waals surface area contributed by atoms with Crippen LogP contribution < -0.4 is 15.8 Å². The standard InChI is InChI=1S/C16H22ClF3N4O2/c1-15(2,3)26-14(25)23-22-11-4-6-24(7-5-11)13-12(17)8-10(9-21-13)16(18,19)20/h8-9,11,22H,4-7H2,1-3H3,(H,23,25). The average molecular weight is 395 g/mol. The Labute approximate surface area is 155 Å². The van der Waals surface area contributed by atoms with Crippen molar-refractivity contribution in [2.75, 3.05) is 18.0 Å². The van der Waals surface area contributed by atoms with E-state index in [4.69, 9.17) is 16.3 Å². The minimum atomic E-state index is -4.47. The van der Waals surface area contributed by atoms with Crippen LogP contribution in [0.15, 0.2) is 12.3 Å². The number of nitrogens with one attached hydrogen (secondary N) is 2. The van der Waals surface area contributed by atoms with Gasteiger partial charge in [-0.05, 0) is 39.7 Å². The number of rotatable bonds is 3. The Morgan fingerprint density at radius 3 is 2.42 bits per heavy atom. The molecule has 6 nitrogen and oxygen atoms in total. The van der Waals surface area contributed by atoms with E-state index in [1.54, 1.807) is 20.8 Å². The Kier molecular flexibility index (Phi) is 6.23. The molecule has 26 heavy (non-hydrogen) atoms. The monoisotopic (exact) mass is 394 g/mol. The lowest BCUT2D eigenvalue weighted by atomic mass is 10.1. The van der Waals surface area contributed by atoms with E-state index >= 15 is 0 Å². The van der Waals surface area contributed by atoms with Crippen LogP contribution in [0.2, 0.25) is 5.02 Å². The molecule has 0 aliphatic carbocycles. The van der Waals surface area contributed by atoms with Gasteiger partial charge in [-0.25, -0.2) is 15.2 Å². The fraction of sp³-hybridized carbons (Fsp3) is 0.625. The van der Waals surface area contributed by atoms with Crippen LogP contribution in [0.4, 0.5) is 23.8 Å². The molecule has 1 aliphatic rings. The predicted octanol–water partition coefficient (Wildman–Crippen LogP) is 3.75. The van der Waals surface area contributed by atoms with E-state index in [1.807, 2.05) is 4.90 Å². The number of hydrogen-bond donors (Lipinski definition) is 2. The Morgan fingerprint density at radius 1 is 1.31 bits per heavy atom. The maximum atomic E-state index is 12.7. The van der Waals surface area contributed by atoms with Crippen LogP contribution >= 0.6 is 11.6 Å². The lowest BCUT2D eigenvalue weighted by Crippen LogP contribution is -2.50. The predicted molar refractivity (Wildman–Crippen MR) is 92.0 cm³/mol. The summed E-state index contributed by atoms with van der Waals surface area (Å²) < 4.78 is 43.2. The van der Waals surface area contributed by atoms with Crippen LogP contribution in [0.3, 0.4) is 0 Å². The second-order valence-electron chi connectivity index (χ2n) is 7.06.